The molecule has 2 nitrogen and oxygen atoms in total. The second-order valence-electron chi connectivity index (χ2n) is 11.3. The topological polar surface area (TPSA) is 18.5 Å². The quantitative estimate of drug-likeness (QED) is 0.203. The zero-order valence-corrected chi connectivity index (χ0v) is 25.7. The average Bonchev–Trinajstić information content (AvgIpc) is 2.71. The van der Waals surface area contributed by atoms with Crippen LogP contribution >= 0.6 is 0 Å². The Morgan fingerprint density at radius 3 is 1.90 bits per heavy atom. The van der Waals surface area contributed by atoms with E-state index in [-0.39, 0.29) is 17.2 Å². The maximum absolute atomic E-state index is 7.01. The van der Waals surface area contributed by atoms with Crippen LogP contribution in [-0.4, -0.2) is 45.5 Å². The molecule has 1 rings (SSSR count). The zero-order chi connectivity index (χ0) is 22.7. The molecule has 0 unspecified atom stereocenters. The van der Waals surface area contributed by atoms with Crippen LogP contribution in [-0.2, 0) is 9.16 Å². The first-order valence-electron chi connectivity index (χ1n) is 13.1. The van der Waals surface area contributed by atoms with Crippen LogP contribution in [0.3, 0.4) is 0 Å². The van der Waals surface area contributed by atoms with Gasteiger partial charge in [0.05, 0.1) is 0 Å². The summed E-state index contributed by atoms with van der Waals surface area (Å²) >= 11 is -2.30. The van der Waals surface area contributed by atoms with Gasteiger partial charge < -0.3 is 0 Å². The molecule has 0 aromatic rings. The molecule has 0 bridgehead atoms. The third kappa shape index (κ3) is 9.66. The molecular formula is C26H54O2SiSn. The van der Waals surface area contributed by atoms with Crippen LogP contribution in [0.15, 0.2) is 10.2 Å². The van der Waals surface area contributed by atoms with Crippen LogP contribution in [0.2, 0.25) is 31.4 Å². The van der Waals surface area contributed by atoms with Crippen molar-refractivity contribution < 1.29 is 9.16 Å². The predicted octanol–water partition coefficient (Wildman–Crippen LogP) is 8.89. The van der Waals surface area contributed by atoms with Gasteiger partial charge in [0.15, 0.2) is 0 Å². The van der Waals surface area contributed by atoms with E-state index >= 15 is 0 Å². The molecule has 0 saturated carbocycles. The van der Waals surface area contributed by atoms with E-state index in [4.69, 9.17) is 9.16 Å². The molecule has 0 radical (unpaired) electrons. The van der Waals surface area contributed by atoms with Crippen LogP contribution in [0.25, 0.3) is 0 Å². The first-order chi connectivity index (χ1) is 14.1. The minimum atomic E-state index is -2.30. The van der Waals surface area contributed by atoms with E-state index in [1.165, 1.54) is 64.7 Å². The summed E-state index contributed by atoms with van der Waals surface area (Å²) in [5, 5.41) is 0.237. The van der Waals surface area contributed by atoms with Crippen LogP contribution in [0, 0.1) is 0 Å². The fourth-order valence-electron chi connectivity index (χ4n) is 4.29. The summed E-state index contributed by atoms with van der Waals surface area (Å²) in [5.41, 5.74) is 0. The summed E-state index contributed by atoms with van der Waals surface area (Å²) in [7, 11) is -1.83. The molecule has 0 amide bonds. The van der Waals surface area contributed by atoms with E-state index in [9.17, 15) is 0 Å². The van der Waals surface area contributed by atoms with Crippen molar-refractivity contribution in [3.05, 3.63) is 10.2 Å². The summed E-state index contributed by atoms with van der Waals surface area (Å²) in [5.74, 6) is 0. The van der Waals surface area contributed by atoms with Gasteiger partial charge in [0.25, 0.3) is 0 Å². The van der Waals surface area contributed by atoms with Gasteiger partial charge >= 0.3 is 196 Å². The monoisotopic (exact) mass is 546 g/mol. The Morgan fingerprint density at radius 1 is 0.967 bits per heavy atom. The van der Waals surface area contributed by atoms with Crippen molar-refractivity contribution in [2.24, 2.45) is 0 Å². The molecule has 0 aliphatic carbocycles. The van der Waals surface area contributed by atoms with E-state index in [1.54, 1.807) is 0 Å². The normalized spacial score (nSPS) is 20.1. The van der Waals surface area contributed by atoms with E-state index in [1.807, 2.05) is 0 Å². The number of unbranched alkanes of at least 4 members (excludes halogenated alkanes) is 3. The molecule has 1 saturated heterocycles. The zero-order valence-electron chi connectivity index (χ0n) is 21.8. The van der Waals surface area contributed by atoms with E-state index in [0.717, 1.165) is 13.0 Å². The van der Waals surface area contributed by atoms with Gasteiger partial charge in [0.1, 0.15) is 0 Å². The Hall–Kier alpha value is 0.676. The SMILES string of the molecule is CCC[CH2][Sn](/[CH]=C/[C@H](O[Si](C)(C)C(C)(C)C)[C@@H]1CCCCO1)([CH2]CCC)[CH2]CCC. The molecule has 30 heavy (non-hydrogen) atoms. The number of hydrogen-bond donors (Lipinski definition) is 0. The number of rotatable bonds is 14. The van der Waals surface area contributed by atoms with Crippen LogP contribution in [0.4, 0.5) is 0 Å². The second-order valence-corrected chi connectivity index (χ2v) is 29.0. The molecule has 2 atom stereocenters. The van der Waals surface area contributed by atoms with E-state index < -0.39 is 26.7 Å². The summed E-state index contributed by atoms with van der Waals surface area (Å²) in [4.78, 5) is 0. The molecule has 1 aliphatic rings. The predicted molar refractivity (Wildman–Crippen MR) is 140 cm³/mol. The van der Waals surface area contributed by atoms with Crippen LogP contribution in [0.1, 0.15) is 99.3 Å². The Labute approximate surface area is 195 Å². The van der Waals surface area contributed by atoms with Crippen molar-refractivity contribution in [1.29, 1.82) is 0 Å². The first kappa shape index (κ1) is 28.7. The third-order valence-corrected chi connectivity index (χ3v) is 26.1. The van der Waals surface area contributed by atoms with Crippen molar-refractivity contribution in [2.75, 3.05) is 6.61 Å². The summed E-state index contributed by atoms with van der Waals surface area (Å²) in [6, 6.07) is 0. The van der Waals surface area contributed by atoms with Crippen LogP contribution in [0.5, 0.6) is 0 Å². The van der Waals surface area contributed by atoms with Gasteiger partial charge in [-0.2, -0.15) is 0 Å². The first-order valence-corrected chi connectivity index (χ1v) is 23.7. The molecule has 0 aromatic heterocycles. The van der Waals surface area contributed by atoms with Gasteiger partial charge in [0, 0.05) is 0 Å². The number of ether oxygens (including phenoxy) is 1. The van der Waals surface area contributed by atoms with Gasteiger partial charge in [-0.1, -0.05) is 0 Å². The fourth-order valence-corrected chi connectivity index (χ4v) is 19.9. The third-order valence-electron chi connectivity index (χ3n) is 7.54. The van der Waals surface area contributed by atoms with E-state index in [0.29, 0.717) is 0 Å². The average molecular weight is 546 g/mol. The molecule has 0 aromatic carbocycles. The van der Waals surface area contributed by atoms with Crippen molar-refractivity contribution in [1.82, 2.24) is 0 Å². The van der Waals surface area contributed by atoms with Crippen molar-refractivity contribution in [3.63, 3.8) is 0 Å². The summed E-state index contributed by atoms with van der Waals surface area (Å²) < 4.78 is 20.7. The van der Waals surface area contributed by atoms with Crippen molar-refractivity contribution in [2.45, 2.75) is 143 Å². The number of hydrogen-bond acceptors (Lipinski definition) is 2. The van der Waals surface area contributed by atoms with Gasteiger partial charge in [-0.25, -0.2) is 0 Å². The molecule has 178 valence electrons. The van der Waals surface area contributed by atoms with Crippen molar-refractivity contribution >= 4 is 26.7 Å². The van der Waals surface area contributed by atoms with Gasteiger partial charge in [-0.3, -0.25) is 0 Å². The Bertz CT molecular complexity index is 456. The molecule has 1 fully saturated rings. The minimum absolute atomic E-state index is 0.159. The van der Waals surface area contributed by atoms with Gasteiger partial charge in [-0.15, -0.1) is 0 Å². The summed E-state index contributed by atoms with van der Waals surface area (Å²) in [6.07, 6.45) is 14.9. The van der Waals surface area contributed by atoms with E-state index in [2.05, 4.69) is 64.8 Å². The molecule has 1 aliphatic heterocycles. The molecule has 1 heterocycles. The van der Waals surface area contributed by atoms with Crippen molar-refractivity contribution in [3.8, 4) is 0 Å². The maximum atomic E-state index is 7.01. The molecular weight excluding hydrogens is 491 g/mol. The summed E-state index contributed by atoms with van der Waals surface area (Å²) in [6.45, 7) is 19.9. The Morgan fingerprint density at radius 2 is 1.50 bits per heavy atom. The van der Waals surface area contributed by atoms with Crippen LogP contribution < -0.4 is 0 Å². The van der Waals surface area contributed by atoms with Gasteiger partial charge in [-0.05, 0) is 0 Å². The molecule has 0 spiro atoms. The Kier molecular flexibility index (Phi) is 13.4. The van der Waals surface area contributed by atoms with Gasteiger partial charge in [0.2, 0.25) is 0 Å². The molecule has 0 N–H and O–H groups in total. The Balaban J connectivity index is 3.16. The second kappa shape index (κ2) is 14.0. The standard InChI is InChI=1S/C14H27O2Si.3C4H9.Sn/c1-7-12(13-10-8-9-11-15-13)16-17(5,6)14(2,3)4;3*1-3-4-2;/h1,7,12-13H,8-11H2,2-6H3;3*1,3-4H2,2H3;/t12-,13-;;;;/m0..../s1. The molecule has 4 heteroatoms. The fraction of sp³-hybridized carbons (Fsp3) is 0.923.